The summed E-state index contributed by atoms with van der Waals surface area (Å²) in [5, 5.41) is 3.42. The van der Waals surface area contributed by atoms with Gasteiger partial charge in [0.25, 0.3) is 0 Å². The Bertz CT molecular complexity index is 637. The molecular weight excluding hydrogens is 328 g/mol. The number of amides is 3. The van der Waals surface area contributed by atoms with Crippen molar-refractivity contribution in [3.63, 3.8) is 0 Å². The van der Waals surface area contributed by atoms with E-state index in [1.807, 2.05) is 12.1 Å². The van der Waals surface area contributed by atoms with Gasteiger partial charge < -0.3 is 5.32 Å². The van der Waals surface area contributed by atoms with E-state index in [4.69, 9.17) is 11.6 Å². The standard InChI is InChI=1S/C18H21ClN2O3/c19-13-5-3-4-12(10-13)11-20-16(22)8-9-21-17(23)14-6-1-2-7-15(14)18(21)24/h3-5,10,14-15H,1-2,6-9,11H2,(H,20,22). The molecule has 1 saturated carbocycles. The minimum Gasteiger partial charge on any atom is -0.352 e. The Labute approximate surface area is 146 Å². The number of carbonyl (C=O) groups excluding carboxylic acids is 3. The highest BCUT2D eigenvalue weighted by atomic mass is 35.5. The van der Waals surface area contributed by atoms with Gasteiger partial charge in [-0.3, -0.25) is 19.3 Å². The fourth-order valence-electron chi connectivity index (χ4n) is 3.60. The predicted octanol–water partition coefficient (Wildman–Crippen LogP) is 2.52. The Morgan fingerprint density at radius 1 is 1.17 bits per heavy atom. The fourth-order valence-corrected chi connectivity index (χ4v) is 3.81. The van der Waals surface area contributed by atoms with Gasteiger partial charge in [0.2, 0.25) is 17.7 Å². The minimum absolute atomic E-state index is 0.0904. The number of halogens is 1. The van der Waals surface area contributed by atoms with Crippen LogP contribution in [0.2, 0.25) is 5.02 Å². The second-order valence-electron chi connectivity index (χ2n) is 6.48. The van der Waals surface area contributed by atoms with E-state index in [0.29, 0.717) is 11.6 Å². The number of imide groups is 1. The van der Waals surface area contributed by atoms with E-state index in [1.54, 1.807) is 12.1 Å². The largest absolute Gasteiger partial charge is 0.352 e. The number of likely N-dealkylation sites (tertiary alicyclic amines) is 1. The molecule has 128 valence electrons. The number of hydrogen-bond donors (Lipinski definition) is 1. The van der Waals surface area contributed by atoms with E-state index in [2.05, 4.69) is 5.32 Å². The maximum atomic E-state index is 12.3. The average Bonchev–Trinajstić information content (AvgIpc) is 2.83. The van der Waals surface area contributed by atoms with E-state index >= 15 is 0 Å². The lowest BCUT2D eigenvalue weighted by atomic mass is 9.81. The first-order chi connectivity index (χ1) is 11.6. The Morgan fingerprint density at radius 2 is 1.83 bits per heavy atom. The zero-order chi connectivity index (χ0) is 17.1. The van der Waals surface area contributed by atoms with E-state index in [9.17, 15) is 14.4 Å². The number of nitrogens with one attached hydrogen (secondary N) is 1. The van der Waals surface area contributed by atoms with Gasteiger partial charge >= 0.3 is 0 Å². The second kappa shape index (κ2) is 7.34. The first kappa shape index (κ1) is 17.0. The first-order valence-corrected chi connectivity index (χ1v) is 8.80. The molecule has 3 amide bonds. The average molecular weight is 349 g/mol. The molecule has 6 heteroatoms. The molecule has 1 heterocycles. The maximum Gasteiger partial charge on any atom is 0.233 e. The zero-order valence-electron chi connectivity index (χ0n) is 13.5. The molecule has 1 aromatic rings. The maximum absolute atomic E-state index is 12.3. The Balaban J connectivity index is 1.49. The van der Waals surface area contributed by atoms with Crippen molar-refractivity contribution < 1.29 is 14.4 Å². The molecule has 0 radical (unpaired) electrons. The molecular formula is C18H21ClN2O3. The molecule has 24 heavy (non-hydrogen) atoms. The van der Waals surface area contributed by atoms with Crippen molar-refractivity contribution in [3.8, 4) is 0 Å². The molecule has 5 nitrogen and oxygen atoms in total. The van der Waals surface area contributed by atoms with Gasteiger partial charge in [-0.05, 0) is 30.5 Å². The van der Waals surface area contributed by atoms with Crippen LogP contribution in [0.4, 0.5) is 0 Å². The Morgan fingerprint density at radius 3 is 2.46 bits per heavy atom. The highest BCUT2D eigenvalue weighted by Gasteiger charge is 2.47. The van der Waals surface area contributed by atoms with Gasteiger partial charge in [0.05, 0.1) is 11.8 Å². The Hall–Kier alpha value is -1.88. The van der Waals surface area contributed by atoms with Crippen LogP contribution >= 0.6 is 11.6 Å². The molecule has 2 fully saturated rings. The molecule has 1 aliphatic heterocycles. The summed E-state index contributed by atoms with van der Waals surface area (Å²) in [4.78, 5) is 38.0. The van der Waals surface area contributed by atoms with Crippen molar-refractivity contribution in [2.45, 2.75) is 38.6 Å². The van der Waals surface area contributed by atoms with Gasteiger partial charge in [-0.25, -0.2) is 0 Å². The van der Waals surface area contributed by atoms with Crippen LogP contribution in [0.25, 0.3) is 0 Å². The van der Waals surface area contributed by atoms with Crippen LogP contribution in [0.5, 0.6) is 0 Å². The summed E-state index contributed by atoms with van der Waals surface area (Å²) in [7, 11) is 0. The molecule has 2 atom stereocenters. The SMILES string of the molecule is O=C(CCN1C(=O)C2CCCCC2C1=O)NCc1cccc(Cl)c1. The van der Waals surface area contributed by atoms with Gasteiger partial charge in [0.1, 0.15) is 0 Å². The summed E-state index contributed by atoms with van der Waals surface area (Å²) in [6, 6.07) is 7.27. The molecule has 1 aliphatic carbocycles. The lowest BCUT2D eigenvalue weighted by molar-refractivity contribution is -0.140. The number of nitrogens with zero attached hydrogens (tertiary/aromatic N) is 1. The van der Waals surface area contributed by atoms with Crippen LogP contribution in [0, 0.1) is 11.8 Å². The van der Waals surface area contributed by atoms with Gasteiger partial charge in [0.15, 0.2) is 0 Å². The third kappa shape index (κ3) is 3.61. The highest BCUT2D eigenvalue weighted by molar-refractivity contribution is 6.30. The van der Waals surface area contributed by atoms with E-state index in [1.165, 1.54) is 4.90 Å². The molecule has 1 saturated heterocycles. The lowest BCUT2D eigenvalue weighted by Crippen LogP contribution is -2.35. The van der Waals surface area contributed by atoms with Crippen molar-refractivity contribution in [2.75, 3.05) is 6.54 Å². The van der Waals surface area contributed by atoms with Gasteiger partial charge in [-0.1, -0.05) is 36.6 Å². The van der Waals surface area contributed by atoms with Gasteiger partial charge in [-0.2, -0.15) is 0 Å². The summed E-state index contributed by atoms with van der Waals surface area (Å²) < 4.78 is 0. The Kier molecular flexibility index (Phi) is 5.19. The first-order valence-electron chi connectivity index (χ1n) is 8.42. The molecule has 1 aromatic carbocycles. The van der Waals surface area contributed by atoms with Crippen LogP contribution in [-0.2, 0) is 20.9 Å². The highest BCUT2D eigenvalue weighted by Crippen LogP contribution is 2.37. The summed E-state index contributed by atoms with van der Waals surface area (Å²) in [5.74, 6) is -0.660. The molecule has 2 unspecified atom stereocenters. The van der Waals surface area contributed by atoms with Crippen molar-refractivity contribution in [3.05, 3.63) is 34.9 Å². The van der Waals surface area contributed by atoms with Crippen LogP contribution in [0.3, 0.4) is 0 Å². The van der Waals surface area contributed by atoms with E-state index in [-0.39, 0.29) is 42.5 Å². The minimum atomic E-state index is -0.176. The summed E-state index contributed by atoms with van der Waals surface area (Å²) in [6.45, 7) is 0.554. The number of hydrogen-bond acceptors (Lipinski definition) is 3. The van der Waals surface area contributed by atoms with E-state index in [0.717, 1.165) is 31.2 Å². The molecule has 2 aliphatic rings. The zero-order valence-corrected chi connectivity index (χ0v) is 14.2. The number of benzene rings is 1. The topological polar surface area (TPSA) is 66.5 Å². The number of carbonyl (C=O) groups is 3. The predicted molar refractivity (Wildman–Crippen MR) is 90.1 cm³/mol. The summed E-state index contributed by atoms with van der Waals surface area (Å²) in [5.41, 5.74) is 0.912. The summed E-state index contributed by atoms with van der Waals surface area (Å²) >= 11 is 5.91. The second-order valence-corrected chi connectivity index (χ2v) is 6.92. The quantitative estimate of drug-likeness (QED) is 0.831. The molecule has 0 aromatic heterocycles. The smallest absolute Gasteiger partial charge is 0.233 e. The number of fused-ring (bicyclic) bond motifs is 1. The molecule has 0 spiro atoms. The summed E-state index contributed by atoms with van der Waals surface area (Å²) in [6.07, 6.45) is 3.75. The van der Waals surface area contributed by atoms with Crippen molar-refractivity contribution in [1.82, 2.24) is 10.2 Å². The van der Waals surface area contributed by atoms with Crippen LogP contribution in [-0.4, -0.2) is 29.2 Å². The van der Waals surface area contributed by atoms with Crippen LogP contribution < -0.4 is 5.32 Å². The van der Waals surface area contributed by atoms with E-state index < -0.39 is 0 Å². The normalized spacial score (nSPS) is 23.3. The fraction of sp³-hybridized carbons (Fsp3) is 0.500. The van der Waals surface area contributed by atoms with Crippen LogP contribution in [0.1, 0.15) is 37.7 Å². The molecule has 3 rings (SSSR count). The van der Waals surface area contributed by atoms with Crippen molar-refractivity contribution in [1.29, 1.82) is 0 Å². The van der Waals surface area contributed by atoms with Crippen LogP contribution in [0.15, 0.2) is 24.3 Å². The van der Waals surface area contributed by atoms with Crippen molar-refractivity contribution >= 4 is 29.3 Å². The van der Waals surface area contributed by atoms with Gasteiger partial charge in [0, 0.05) is 24.5 Å². The number of rotatable bonds is 5. The monoisotopic (exact) mass is 348 g/mol. The van der Waals surface area contributed by atoms with Crippen molar-refractivity contribution in [2.24, 2.45) is 11.8 Å². The molecule has 0 bridgehead atoms. The third-order valence-electron chi connectivity index (χ3n) is 4.87. The third-order valence-corrected chi connectivity index (χ3v) is 5.11. The molecule has 1 N–H and O–H groups in total. The lowest BCUT2D eigenvalue weighted by Gasteiger charge is -2.19. The van der Waals surface area contributed by atoms with Gasteiger partial charge in [-0.15, -0.1) is 0 Å².